The zero-order valence-electron chi connectivity index (χ0n) is 4.27. The fourth-order valence-electron chi connectivity index (χ4n) is 0.185. The van der Waals surface area contributed by atoms with Crippen LogP contribution in [0.2, 0.25) is 0 Å². The van der Waals surface area contributed by atoms with Crippen LogP contribution in [0.5, 0.6) is 0 Å². The monoisotopic (exact) mass is 174 g/mol. The van der Waals surface area contributed by atoms with E-state index in [1.54, 1.807) is 6.54 Å². The first kappa shape index (κ1) is 10.5. The van der Waals surface area contributed by atoms with Crippen molar-refractivity contribution in [1.82, 2.24) is 5.32 Å². The molecule has 0 aliphatic carbocycles. The standard InChI is InChI=1S/C3H4NO.CH3.Y/c5-3-1-2-4-3;;/h2H,1H2,(H,4,5);1H3;/q2*-1;+3. The van der Waals surface area contributed by atoms with Crippen LogP contribution in [0.25, 0.3) is 0 Å². The summed E-state index contributed by atoms with van der Waals surface area (Å²) in [4.78, 5) is 9.76. The molecule has 0 aromatic rings. The Morgan fingerprint density at radius 2 is 2.00 bits per heavy atom. The first-order chi connectivity index (χ1) is 2.39. The van der Waals surface area contributed by atoms with Gasteiger partial charge in [0, 0.05) is 0 Å². The Bertz CT molecular complexity index is 58.7. The minimum absolute atomic E-state index is 0. The van der Waals surface area contributed by atoms with E-state index in [4.69, 9.17) is 0 Å². The van der Waals surface area contributed by atoms with Crippen LogP contribution in [-0.4, -0.2) is 5.91 Å². The minimum atomic E-state index is 0. The van der Waals surface area contributed by atoms with Crippen molar-refractivity contribution in [1.29, 1.82) is 0 Å². The molecule has 1 N–H and O–H groups in total. The van der Waals surface area contributed by atoms with Gasteiger partial charge in [0.25, 0.3) is 0 Å². The molecule has 1 aliphatic heterocycles. The maximum absolute atomic E-state index is 9.76. The summed E-state index contributed by atoms with van der Waals surface area (Å²) in [7, 11) is 0. The smallest absolute Gasteiger partial charge is 0.507 e. The van der Waals surface area contributed by atoms with Crippen molar-refractivity contribution in [2.45, 2.75) is 6.42 Å². The summed E-state index contributed by atoms with van der Waals surface area (Å²) in [5.41, 5.74) is 0. The molecule has 1 heterocycles. The number of rotatable bonds is 0. The fourth-order valence-corrected chi connectivity index (χ4v) is 0.185. The molecule has 0 aromatic carbocycles. The molecule has 0 atom stereocenters. The first-order valence-corrected chi connectivity index (χ1v) is 1.50. The summed E-state index contributed by atoms with van der Waals surface area (Å²) < 4.78 is 0. The van der Waals surface area contributed by atoms with Crippen LogP contribution in [0.3, 0.4) is 0 Å². The quantitative estimate of drug-likeness (QED) is 0.410. The van der Waals surface area contributed by atoms with Gasteiger partial charge in [0.1, 0.15) is 0 Å². The molecule has 36 valence electrons. The first-order valence-electron chi connectivity index (χ1n) is 1.50. The van der Waals surface area contributed by atoms with E-state index in [1.165, 1.54) is 0 Å². The Morgan fingerprint density at radius 3 is 2.00 bits per heavy atom. The SMILES string of the molecule is O=C1C[CH-]N1.[CH3-].[Y+3]. The van der Waals surface area contributed by atoms with Crippen molar-refractivity contribution < 1.29 is 37.5 Å². The second-order valence-electron chi connectivity index (χ2n) is 0.976. The Balaban J connectivity index is 0. The molecule has 7 heavy (non-hydrogen) atoms. The summed E-state index contributed by atoms with van der Waals surface area (Å²) in [6.45, 7) is 1.72. The van der Waals surface area contributed by atoms with Crippen LogP contribution in [0, 0.1) is 14.0 Å². The molecule has 3 heteroatoms. The summed E-state index contributed by atoms with van der Waals surface area (Å²) in [5, 5.41) is 2.44. The van der Waals surface area contributed by atoms with Crippen molar-refractivity contribution in [3.05, 3.63) is 14.0 Å². The molecular formula is C4H7NOY+. The maximum atomic E-state index is 9.76. The van der Waals surface area contributed by atoms with Gasteiger partial charge in [-0.15, -0.1) is 0 Å². The normalized spacial score (nSPS) is 14.6. The molecule has 0 bridgehead atoms. The second kappa shape index (κ2) is 4.73. The van der Waals surface area contributed by atoms with Gasteiger partial charge in [0.05, 0.1) is 0 Å². The number of β-lactam (4-membered cyclic amide) rings is 1. The molecular weight excluding hydrogens is 167 g/mol. The topological polar surface area (TPSA) is 29.1 Å². The molecule has 1 aliphatic rings. The molecule has 2 nitrogen and oxygen atoms in total. The van der Waals surface area contributed by atoms with E-state index < -0.39 is 0 Å². The molecule has 1 rings (SSSR count). The van der Waals surface area contributed by atoms with Crippen LogP contribution in [0.15, 0.2) is 0 Å². The predicted octanol–water partition coefficient (Wildman–Crippen LogP) is 0.116. The van der Waals surface area contributed by atoms with E-state index in [9.17, 15) is 4.79 Å². The van der Waals surface area contributed by atoms with Gasteiger partial charge in [0.2, 0.25) is 0 Å². The maximum Gasteiger partial charge on any atom is 3.00 e. The molecule has 0 spiro atoms. The molecule has 0 unspecified atom stereocenters. The van der Waals surface area contributed by atoms with Crippen molar-refractivity contribution in [2.75, 3.05) is 0 Å². The third kappa shape index (κ3) is 3.18. The second-order valence-corrected chi connectivity index (χ2v) is 0.976. The van der Waals surface area contributed by atoms with E-state index in [1.807, 2.05) is 0 Å². The number of carbonyl (C=O) groups excluding carboxylic acids is 1. The van der Waals surface area contributed by atoms with Gasteiger partial charge >= 0.3 is 32.7 Å². The Labute approximate surface area is 68.9 Å². The van der Waals surface area contributed by atoms with Crippen LogP contribution >= 0.6 is 0 Å². The number of hydrogen-bond donors (Lipinski definition) is 1. The number of nitrogens with one attached hydrogen (secondary N) is 1. The molecule has 0 radical (unpaired) electrons. The van der Waals surface area contributed by atoms with Gasteiger partial charge in [-0.25, -0.2) is 6.54 Å². The third-order valence-electron chi connectivity index (χ3n) is 0.551. The molecule has 0 aromatic heterocycles. The van der Waals surface area contributed by atoms with E-state index in [-0.39, 0.29) is 46.0 Å². The number of hydrogen-bond acceptors (Lipinski definition) is 1. The van der Waals surface area contributed by atoms with Gasteiger partial charge in [0.15, 0.2) is 5.91 Å². The molecule has 1 fully saturated rings. The third-order valence-corrected chi connectivity index (χ3v) is 0.551. The molecule has 1 amide bonds. The largest absolute Gasteiger partial charge is 3.00 e. The number of amides is 1. The van der Waals surface area contributed by atoms with Crippen LogP contribution in [-0.2, 0) is 37.5 Å². The summed E-state index contributed by atoms with van der Waals surface area (Å²) in [6, 6.07) is 0. The van der Waals surface area contributed by atoms with Crippen molar-refractivity contribution in [2.24, 2.45) is 0 Å². The fraction of sp³-hybridized carbons (Fsp3) is 0.250. The van der Waals surface area contributed by atoms with E-state index in [0.717, 1.165) is 0 Å². The van der Waals surface area contributed by atoms with E-state index >= 15 is 0 Å². The van der Waals surface area contributed by atoms with Gasteiger partial charge < -0.3 is 12.7 Å². The van der Waals surface area contributed by atoms with Gasteiger partial charge in [-0.2, -0.15) is 0 Å². The number of carbonyl (C=O) groups is 1. The summed E-state index contributed by atoms with van der Waals surface area (Å²) in [6.07, 6.45) is 0.611. The zero-order chi connectivity index (χ0) is 3.70. The van der Waals surface area contributed by atoms with E-state index in [2.05, 4.69) is 5.32 Å². The van der Waals surface area contributed by atoms with Crippen LogP contribution in [0.1, 0.15) is 6.42 Å². The van der Waals surface area contributed by atoms with Crippen molar-refractivity contribution >= 4 is 5.91 Å². The molecule has 1 saturated heterocycles. The zero-order valence-corrected chi connectivity index (χ0v) is 7.11. The van der Waals surface area contributed by atoms with Gasteiger partial charge in [-0.05, 0) is 0 Å². The van der Waals surface area contributed by atoms with Gasteiger partial charge in [-0.1, -0.05) is 6.42 Å². The van der Waals surface area contributed by atoms with Crippen molar-refractivity contribution in [3.8, 4) is 0 Å². The predicted molar refractivity (Wildman–Crippen MR) is 23.5 cm³/mol. The van der Waals surface area contributed by atoms with E-state index in [0.29, 0.717) is 6.42 Å². The minimum Gasteiger partial charge on any atom is -0.507 e. The van der Waals surface area contributed by atoms with Crippen molar-refractivity contribution in [3.63, 3.8) is 0 Å². The summed E-state index contributed by atoms with van der Waals surface area (Å²) >= 11 is 0. The Morgan fingerprint density at radius 1 is 1.71 bits per heavy atom. The van der Waals surface area contributed by atoms with Gasteiger partial charge in [-0.3, -0.25) is 4.79 Å². The Hall–Kier alpha value is 0.574. The Kier molecular flexibility index (Phi) is 7.11. The average Bonchev–Trinajstić information content (AvgIpc) is 1.30. The van der Waals surface area contributed by atoms with Crippen LogP contribution in [0.4, 0.5) is 0 Å². The summed E-state index contributed by atoms with van der Waals surface area (Å²) in [5.74, 6) is 0.130. The van der Waals surface area contributed by atoms with Crippen LogP contribution < -0.4 is 5.32 Å². The average molecular weight is 174 g/mol. The molecule has 0 saturated carbocycles.